The van der Waals surface area contributed by atoms with Gasteiger partial charge in [-0.25, -0.2) is 8.42 Å². The van der Waals surface area contributed by atoms with Gasteiger partial charge in [-0.2, -0.15) is 13.2 Å². The molecule has 2 aromatic rings. The number of amides is 1. The van der Waals surface area contributed by atoms with Gasteiger partial charge in [0.05, 0.1) is 33.8 Å². The lowest BCUT2D eigenvalue weighted by molar-refractivity contribution is -0.137. The van der Waals surface area contributed by atoms with E-state index in [4.69, 9.17) is 16.3 Å². The smallest absolute Gasteiger partial charge is 0.416 e. The van der Waals surface area contributed by atoms with Crippen molar-refractivity contribution in [1.82, 2.24) is 5.32 Å². The fourth-order valence-electron chi connectivity index (χ4n) is 2.15. The SMILES string of the molecule is CNC(=O)c1cc(S(=O)(=O)Nc2cc(C(F)(F)F)ccc2Cl)ccc1OC. The molecule has 0 aliphatic rings. The number of anilines is 1. The lowest BCUT2D eigenvalue weighted by atomic mass is 10.2. The number of hydrogen-bond donors (Lipinski definition) is 2. The molecule has 27 heavy (non-hydrogen) atoms. The van der Waals surface area contributed by atoms with Crippen LogP contribution in [0.5, 0.6) is 5.75 Å². The number of carbonyl (C=O) groups is 1. The van der Waals surface area contributed by atoms with Crippen molar-refractivity contribution >= 4 is 33.2 Å². The molecule has 2 rings (SSSR count). The van der Waals surface area contributed by atoms with E-state index < -0.39 is 33.4 Å². The number of sulfonamides is 1. The van der Waals surface area contributed by atoms with Crippen LogP contribution in [0, 0.1) is 0 Å². The van der Waals surface area contributed by atoms with Crippen molar-refractivity contribution in [2.75, 3.05) is 18.9 Å². The Balaban J connectivity index is 2.47. The first kappa shape index (κ1) is 20.8. The molecule has 0 unspecified atom stereocenters. The second-order valence-corrected chi connectivity index (χ2v) is 7.33. The van der Waals surface area contributed by atoms with Crippen LogP contribution in [0.15, 0.2) is 41.3 Å². The molecule has 1 amide bonds. The van der Waals surface area contributed by atoms with E-state index in [9.17, 15) is 26.4 Å². The summed E-state index contributed by atoms with van der Waals surface area (Å²) in [5.74, 6) is -0.466. The van der Waals surface area contributed by atoms with E-state index in [1.807, 2.05) is 4.72 Å². The Kier molecular flexibility index (Phi) is 5.91. The number of alkyl halides is 3. The fraction of sp³-hybridized carbons (Fsp3) is 0.188. The first-order valence-electron chi connectivity index (χ1n) is 7.29. The molecular formula is C16H14ClF3N2O4S. The Morgan fingerprint density at radius 1 is 1.15 bits per heavy atom. The number of halogens is 4. The molecule has 0 saturated heterocycles. The van der Waals surface area contributed by atoms with E-state index in [1.165, 1.54) is 20.2 Å². The molecular weight excluding hydrogens is 409 g/mol. The fourth-order valence-corrected chi connectivity index (χ4v) is 3.47. The molecule has 2 aromatic carbocycles. The predicted molar refractivity (Wildman–Crippen MR) is 93.6 cm³/mol. The van der Waals surface area contributed by atoms with Crippen LogP contribution in [0.4, 0.5) is 18.9 Å². The van der Waals surface area contributed by atoms with E-state index in [0.29, 0.717) is 6.07 Å². The molecule has 0 heterocycles. The number of hydrogen-bond acceptors (Lipinski definition) is 4. The Morgan fingerprint density at radius 3 is 2.37 bits per heavy atom. The molecule has 2 N–H and O–H groups in total. The molecule has 0 bridgehead atoms. The molecule has 0 aliphatic carbocycles. The van der Waals surface area contributed by atoms with Gasteiger partial charge in [0.25, 0.3) is 15.9 Å². The second-order valence-electron chi connectivity index (χ2n) is 5.24. The molecule has 0 spiro atoms. The summed E-state index contributed by atoms with van der Waals surface area (Å²) in [6.45, 7) is 0. The quantitative estimate of drug-likeness (QED) is 0.772. The zero-order valence-corrected chi connectivity index (χ0v) is 15.6. The highest BCUT2D eigenvalue weighted by atomic mass is 35.5. The average molecular weight is 423 g/mol. The topological polar surface area (TPSA) is 84.5 Å². The van der Waals surface area contributed by atoms with Gasteiger partial charge in [0.2, 0.25) is 0 Å². The van der Waals surface area contributed by atoms with Crippen molar-refractivity contribution in [2.24, 2.45) is 0 Å². The van der Waals surface area contributed by atoms with Crippen LogP contribution < -0.4 is 14.8 Å². The predicted octanol–water partition coefficient (Wildman–Crippen LogP) is 3.53. The Hall–Kier alpha value is -2.46. The van der Waals surface area contributed by atoms with Gasteiger partial charge in [0.1, 0.15) is 5.75 Å². The molecule has 146 valence electrons. The number of benzene rings is 2. The summed E-state index contributed by atoms with van der Waals surface area (Å²) in [6, 6.07) is 5.70. The van der Waals surface area contributed by atoms with Crippen LogP contribution in [0.25, 0.3) is 0 Å². The summed E-state index contributed by atoms with van der Waals surface area (Å²) in [5.41, 5.74) is -1.56. The van der Waals surface area contributed by atoms with E-state index in [1.54, 1.807) is 0 Å². The van der Waals surface area contributed by atoms with Crippen molar-refractivity contribution in [3.63, 3.8) is 0 Å². The first-order valence-corrected chi connectivity index (χ1v) is 9.15. The maximum atomic E-state index is 12.8. The molecule has 6 nitrogen and oxygen atoms in total. The van der Waals surface area contributed by atoms with Gasteiger partial charge in [0, 0.05) is 7.05 Å². The molecule has 0 aromatic heterocycles. The minimum Gasteiger partial charge on any atom is -0.496 e. The van der Waals surface area contributed by atoms with E-state index >= 15 is 0 Å². The van der Waals surface area contributed by atoms with Crippen LogP contribution in [0.2, 0.25) is 5.02 Å². The second kappa shape index (κ2) is 7.65. The van der Waals surface area contributed by atoms with Crippen molar-refractivity contribution in [1.29, 1.82) is 0 Å². The van der Waals surface area contributed by atoms with Crippen LogP contribution >= 0.6 is 11.6 Å². The van der Waals surface area contributed by atoms with Crippen LogP contribution in [0.3, 0.4) is 0 Å². The summed E-state index contributed by atoms with van der Waals surface area (Å²) >= 11 is 5.81. The summed E-state index contributed by atoms with van der Waals surface area (Å²) in [6.07, 6.45) is -4.67. The molecule has 11 heteroatoms. The van der Waals surface area contributed by atoms with Gasteiger partial charge < -0.3 is 10.1 Å². The van der Waals surface area contributed by atoms with Crippen LogP contribution in [-0.2, 0) is 16.2 Å². The van der Waals surface area contributed by atoms with Crippen molar-refractivity contribution in [3.05, 3.63) is 52.5 Å². The molecule has 0 radical (unpaired) electrons. The Labute approximate surface area is 158 Å². The highest BCUT2D eigenvalue weighted by molar-refractivity contribution is 7.92. The zero-order valence-electron chi connectivity index (χ0n) is 14.0. The third-order valence-electron chi connectivity index (χ3n) is 3.49. The maximum absolute atomic E-state index is 12.8. The summed E-state index contributed by atoms with van der Waals surface area (Å²) in [5, 5.41) is 2.12. The number of carbonyl (C=O) groups excluding carboxylic acids is 1. The van der Waals surface area contributed by atoms with Gasteiger partial charge in [-0.1, -0.05) is 11.6 Å². The van der Waals surface area contributed by atoms with Crippen molar-refractivity contribution < 1.29 is 31.1 Å². The summed E-state index contributed by atoms with van der Waals surface area (Å²) < 4.78 is 70.6. The van der Waals surface area contributed by atoms with Gasteiger partial charge in [-0.15, -0.1) is 0 Å². The summed E-state index contributed by atoms with van der Waals surface area (Å²) in [4.78, 5) is 11.5. The molecule has 0 saturated carbocycles. The highest BCUT2D eigenvalue weighted by Crippen LogP contribution is 2.35. The molecule has 0 fully saturated rings. The number of nitrogens with one attached hydrogen (secondary N) is 2. The monoisotopic (exact) mass is 422 g/mol. The van der Waals surface area contributed by atoms with E-state index in [-0.39, 0.29) is 21.2 Å². The van der Waals surface area contributed by atoms with Crippen molar-refractivity contribution in [2.45, 2.75) is 11.1 Å². The Morgan fingerprint density at radius 2 is 1.81 bits per heavy atom. The third-order valence-corrected chi connectivity index (χ3v) is 5.18. The third kappa shape index (κ3) is 4.64. The minimum absolute atomic E-state index is 0.0574. The Bertz CT molecular complexity index is 978. The number of ether oxygens (including phenoxy) is 1. The van der Waals surface area contributed by atoms with Gasteiger partial charge in [-0.3, -0.25) is 9.52 Å². The van der Waals surface area contributed by atoms with E-state index in [0.717, 1.165) is 24.3 Å². The zero-order chi connectivity index (χ0) is 20.4. The lowest BCUT2D eigenvalue weighted by Crippen LogP contribution is -2.20. The normalized spacial score (nSPS) is 11.8. The minimum atomic E-state index is -4.67. The largest absolute Gasteiger partial charge is 0.496 e. The lowest BCUT2D eigenvalue weighted by Gasteiger charge is -2.14. The van der Waals surface area contributed by atoms with Gasteiger partial charge in [0.15, 0.2) is 0 Å². The maximum Gasteiger partial charge on any atom is 0.416 e. The van der Waals surface area contributed by atoms with Gasteiger partial charge >= 0.3 is 6.18 Å². The van der Waals surface area contributed by atoms with Crippen LogP contribution in [0.1, 0.15) is 15.9 Å². The summed E-state index contributed by atoms with van der Waals surface area (Å²) in [7, 11) is -1.67. The van der Waals surface area contributed by atoms with Crippen molar-refractivity contribution in [3.8, 4) is 5.75 Å². The highest BCUT2D eigenvalue weighted by Gasteiger charge is 2.31. The number of rotatable bonds is 5. The average Bonchev–Trinajstić information content (AvgIpc) is 2.61. The van der Waals surface area contributed by atoms with Crippen LogP contribution in [-0.4, -0.2) is 28.5 Å². The van der Waals surface area contributed by atoms with E-state index in [2.05, 4.69) is 5.32 Å². The molecule has 0 atom stereocenters. The van der Waals surface area contributed by atoms with Gasteiger partial charge in [-0.05, 0) is 36.4 Å². The number of methoxy groups -OCH3 is 1. The standard InChI is InChI=1S/C16H14ClF3N2O4S/c1-21-15(23)11-8-10(4-6-14(11)26-2)27(24,25)22-13-7-9(16(18,19)20)3-5-12(13)17/h3-8,22H,1-2H3,(H,21,23). The molecule has 0 aliphatic heterocycles. The first-order chi connectivity index (χ1) is 12.5.